The highest BCUT2D eigenvalue weighted by atomic mass is 32.2. The Bertz CT molecular complexity index is 1200. The molecule has 1 heterocycles. The number of halogens is 3. The number of aryl methyl sites for hydroxylation is 1. The molecule has 0 fully saturated rings. The highest BCUT2D eigenvalue weighted by Crippen LogP contribution is 2.29. The van der Waals surface area contributed by atoms with E-state index in [0.29, 0.717) is 5.69 Å². The summed E-state index contributed by atoms with van der Waals surface area (Å²) in [6, 6.07) is 13.2. The zero-order valence-electron chi connectivity index (χ0n) is 14.5. The van der Waals surface area contributed by atoms with Gasteiger partial charge in [0.1, 0.15) is 5.69 Å². The molecule has 3 rings (SSSR count). The van der Waals surface area contributed by atoms with Gasteiger partial charge in [0, 0.05) is 11.6 Å². The molecule has 0 spiro atoms. The number of nitrogens with two attached hydrogens (primary N) is 1. The minimum Gasteiger partial charge on any atom is -0.225 e. The van der Waals surface area contributed by atoms with Crippen LogP contribution in [0, 0.1) is 18.8 Å². The van der Waals surface area contributed by atoms with Crippen LogP contribution in [-0.4, -0.2) is 18.2 Å². The molecule has 28 heavy (non-hydrogen) atoms. The van der Waals surface area contributed by atoms with Gasteiger partial charge in [0.2, 0.25) is 10.0 Å². The predicted molar refractivity (Wildman–Crippen MR) is 97.1 cm³/mol. The highest BCUT2D eigenvalue weighted by Gasteiger charge is 2.35. The van der Waals surface area contributed by atoms with E-state index in [1.54, 1.807) is 31.2 Å². The van der Waals surface area contributed by atoms with Crippen molar-refractivity contribution in [3.63, 3.8) is 0 Å². The van der Waals surface area contributed by atoms with E-state index in [-0.39, 0.29) is 16.2 Å². The van der Waals surface area contributed by atoms with Gasteiger partial charge in [-0.3, -0.25) is 0 Å². The van der Waals surface area contributed by atoms with Crippen LogP contribution in [0.15, 0.2) is 59.5 Å². The first-order chi connectivity index (χ1) is 13.1. The summed E-state index contributed by atoms with van der Waals surface area (Å²) in [5, 5.41) is 8.74. The van der Waals surface area contributed by atoms with Gasteiger partial charge >= 0.3 is 6.18 Å². The third kappa shape index (κ3) is 4.24. The fourth-order valence-corrected chi connectivity index (χ4v) is 3.04. The number of hydrogen-bond acceptors (Lipinski definition) is 3. The van der Waals surface area contributed by atoms with Gasteiger partial charge in [-0.05, 0) is 42.7 Å². The van der Waals surface area contributed by atoms with Crippen LogP contribution < -0.4 is 5.14 Å². The third-order valence-corrected chi connectivity index (χ3v) is 4.75. The second kappa shape index (κ2) is 7.14. The van der Waals surface area contributed by atoms with Crippen LogP contribution in [0.25, 0.3) is 5.69 Å². The van der Waals surface area contributed by atoms with Crippen molar-refractivity contribution in [2.75, 3.05) is 0 Å². The Morgan fingerprint density at radius 3 is 2.39 bits per heavy atom. The average Bonchev–Trinajstić information content (AvgIpc) is 3.04. The van der Waals surface area contributed by atoms with E-state index in [2.05, 4.69) is 16.9 Å². The van der Waals surface area contributed by atoms with Crippen molar-refractivity contribution in [1.82, 2.24) is 9.78 Å². The molecule has 0 aliphatic heterocycles. The van der Waals surface area contributed by atoms with Crippen LogP contribution in [0.2, 0.25) is 0 Å². The zero-order chi connectivity index (χ0) is 20.5. The molecule has 0 aliphatic rings. The Hall–Kier alpha value is -3.09. The van der Waals surface area contributed by atoms with Crippen molar-refractivity contribution >= 4 is 10.0 Å². The predicted octanol–water partition coefficient (Wildman–Crippen LogP) is 3.25. The van der Waals surface area contributed by atoms with Gasteiger partial charge in [0.15, 0.2) is 5.69 Å². The number of hydrogen-bond donors (Lipinski definition) is 1. The Morgan fingerprint density at radius 2 is 1.75 bits per heavy atom. The maximum absolute atomic E-state index is 13.1. The summed E-state index contributed by atoms with van der Waals surface area (Å²) < 4.78 is 63.4. The lowest BCUT2D eigenvalue weighted by Crippen LogP contribution is -2.12. The van der Waals surface area contributed by atoms with E-state index in [1.165, 1.54) is 24.3 Å². The zero-order valence-corrected chi connectivity index (χ0v) is 15.3. The number of primary sulfonamides is 1. The molecule has 1 aromatic heterocycles. The molecule has 2 N–H and O–H groups in total. The lowest BCUT2D eigenvalue weighted by Gasteiger charge is -2.07. The largest absolute Gasteiger partial charge is 0.435 e. The molecule has 9 heteroatoms. The van der Waals surface area contributed by atoms with Gasteiger partial charge in [0.05, 0.1) is 10.6 Å². The molecule has 3 aromatic rings. The summed E-state index contributed by atoms with van der Waals surface area (Å²) in [6.07, 6.45) is -4.63. The van der Waals surface area contributed by atoms with Crippen LogP contribution in [0.4, 0.5) is 13.2 Å². The maximum Gasteiger partial charge on any atom is 0.435 e. The van der Waals surface area contributed by atoms with Crippen molar-refractivity contribution in [1.29, 1.82) is 0 Å². The maximum atomic E-state index is 13.1. The monoisotopic (exact) mass is 405 g/mol. The first-order valence-corrected chi connectivity index (χ1v) is 9.48. The molecule has 0 bridgehead atoms. The van der Waals surface area contributed by atoms with Gasteiger partial charge in [-0.1, -0.05) is 30.2 Å². The van der Waals surface area contributed by atoms with E-state index in [9.17, 15) is 21.6 Å². The second-order valence-corrected chi connectivity index (χ2v) is 7.50. The molecule has 0 unspecified atom stereocenters. The van der Waals surface area contributed by atoms with E-state index in [1.807, 2.05) is 0 Å². The van der Waals surface area contributed by atoms with Crippen LogP contribution in [0.5, 0.6) is 0 Å². The number of sulfonamides is 1. The summed E-state index contributed by atoms with van der Waals surface area (Å²) in [5.74, 6) is 5.31. The number of para-hydroxylation sites is 1. The second-order valence-electron chi connectivity index (χ2n) is 5.93. The van der Waals surface area contributed by atoms with Crippen LogP contribution in [0.1, 0.15) is 22.5 Å². The lowest BCUT2D eigenvalue weighted by atomic mass is 10.2. The quantitative estimate of drug-likeness (QED) is 0.665. The average molecular weight is 405 g/mol. The number of nitrogens with zero attached hydrogens (tertiary/aromatic N) is 2. The van der Waals surface area contributed by atoms with Crippen molar-refractivity contribution in [3.05, 3.63) is 77.1 Å². The van der Waals surface area contributed by atoms with Crippen molar-refractivity contribution < 1.29 is 21.6 Å². The van der Waals surface area contributed by atoms with Crippen LogP contribution in [0.3, 0.4) is 0 Å². The smallest absolute Gasteiger partial charge is 0.225 e. The summed E-state index contributed by atoms with van der Waals surface area (Å²) in [6.45, 7) is 1.75. The summed E-state index contributed by atoms with van der Waals surface area (Å²) >= 11 is 0. The summed E-state index contributed by atoms with van der Waals surface area (Å²) in [4.78, 5) is -0.136. The van der Waals surface area contributed by atoms with Gasteiger partial charge in [-0.2, -0.15) is 18.3 Å². The van der Waals surface area contributed by atoms with E-state index >= 15 is 0 Å². The molecule has 2 aromatic carbocycles. The molecule has 0 amide bonds. The fourth-order valence-electron chi connectivity index (χ4n) is 2.48. The van der Waals surface area contributed by atoms with Gasteiger partial charge in [0.25, 0.3) is 0 Å². The lowest BCUT2D eigenvalue weighted by molar-refractivity contribution is -0.141. The standard InChI is InChI=1S/C19H14F3N3O2S/c1-13-5-2-3-8-17(13)25-15(12-18(24-25)19(20,21)22)10-9-14-6-4-7-16(11-14)28(23,26)27/h2-8,11-12H,1H3,(H2,23,26,27). The normalized spacial score (nSPS) is 11.8. The molecular formula is C19H14F3N3O2S. The molecule has 5 nitrogen and oxygen atoms in total. The Balaban J connectivity index is 2.12. The van der Waals surface area contributed by atoms with Crippen LogP contribution >= 0.6 is 0 Å². The molecular weight excluding hydrogens is 391 g/mol. The van der Waals surface area contributed by atoms with Crippen molar-refractivity contribution in [2.24, 2.45) is 5.14 Å². The molecule has 0 radical (unpaired) electrons. The van der Waals surface area contributed by atoms with Gasteiger partial charge < -0.3 is 0 Å². The summed E-state index contributed by atoms with van der Waals surface area (Å²) in [7, 11) is -3.91. The Kier molecular flexibility index (Phi) is 5.02. The SMILES string of the molecule is Cc1ccccc1-n1nc(C(F)(F)F)cc1C#Cc1cccc(S(N)(=O)=O)c1. The topological polar surface area (TPSA) is 78.0 Å². The van der Waals surface area contributed by atoms with E-state index in [0.717, 1.165) is 16.3 Å². The van der Waals surface area contributed by atoms with Crippen molar-refractivity contribution in [3.8, 4) is 17.5 Å². The molecule has 0 atom stereocenters. The number of aromatic nitrogens is 2. The minimum atomic E-state index is -4.63. The third-order valence-electron chi connectivity index (χ3n) is 3.84. The Labute approximate surface area is 159 Å². The molecule has 144 valence electrons. The Morgan fingerprint density at radius 1 is 1.04 bits per heavy atom. The van der Waals surface area contributed by atoms with Crippen LogP contribution in [-0.2, 0) is 16.2 Å². The number of alkyl halides is 3. The first-order valence-electron chi connectivity index (χ1n) is 7.94. The summed E-state index contributed by atoms with van der Waals surface area (Å²) in [5.41, 5.74) is 0.415. The molecule has 0 aliphatic carbocycles. The van der Waals surface area contributed by atoms with Gasteiger partial charge in [-0.15, -0.1) is 0 Å². The van der Waals surface area contributed by atoms with Crippen molar-refractivity contribution in [2.45, 2.75) is 18.0 Å². The van der Waals surface area contributed by atoms with E-state index < -0.39 is 21.9 Å². The van der Waals surface area contributed by atoms with Gasteiger partial charge in [-0.25, -0.2) is 18.2 Å². The molecule has 0 saturated carbocycles. The minimum absolute atomic E-state index is 0.0163. The molecule has 0 saturated heterocycles. The number of benzene rings is 2. The highest BCUT2D eigenvalue weighted by molar-refractivity contribution is 7.89. The first kappa shape index (κ1) is 19.7. The fraction of sp³-hybridized carbons (Fsp3) is 0.105. The van der Waals surface area contributed by atoms with E-state index in [4.69, 9.17) is 5.14 Å². The number of rotatable bonds is 2.